The topological polar surface area (TPSA) is 344 Å². The third kappa shape index (κ3) is 29.8. The fourth-order valence-electron chi connectivity index (χ4n) is 12.5. The fraction of sp³-hybridized carbons (Fsp3) is 0.753. The number of nitrogens with one attached hydrogen (secondary N) is 11. The van der Waals surface area contributed by atoms with Crippen LogP contribution in [0.1, 0.15) is 225 Å². The standard InChI is InChI=1S/C73H124FN13O12/c1-42(2)34-53(60(89)75-33-32-59(88)76-48(12)41-86(19)20)78-62(91)54(35-43(3)4)82-69(98)72(15,16)85-70(99)73(17,18)84-65(94)57(38-46(9)10)80-63(92)55(36-44(5)6)81-68(97)71(13,14)83-64(93)56(37-45(7)8)79-61(90)52(31-26-49-24-22-21-23-25-49)77-66(95)58-39-47(11)40-87(58)67(96)50-27-29-51(74)30-28-50/h27-30,42-49,52-58H,21-26,31-41H2,1-20H3,(H,75,89)(H,76,88)(H,77,95)(H,78,91)(H,79,90)(H,80,92)(H,81,97)(H,82,98)(H,83,93)(H,84,94)(H,85,99)/t47-,48-,52-,53-,54-,55-,56-,57-,58-/m0/s1. The number of hydrogen-bond acceptors (Lipinski definition) is 13. The highest BCUT2D eigenvalue weighted by molar-refractivity contribution is 6.02. The average Bonchev–Trinajstić information content (AvgIpc) is 1.77. The fourth-order valence-corrected chi connectivity index (χ4v) is 12.5. The van der Waals surface area contributed by atoms with E-state index in [2.05, 4.69) is 58.5 Å². The Labute approximate surface area is 589 Å². The summed E-state index contributed by atoms with van der Waals surface area (Å²) in [6.45, 7) is 32.0. The maximum Gasteiger partial charge on any atom is 0.254 e. The van der Waals surface area contributed by atoms with Crippen molar-refractivity contribution in [1.82, 2.24) is 68.3 Å². The Morgan fingerprint density at radius 2 is 0.909 bits per heavy atom. The molecule has 2 aliphatic rings. The highest BCUT2D eigenvalue weighted by Gasteiger charge is 2.43. The van der Waals surface area contributed by atoms with Gasteiger partial charge >= 0.3 is 0 Å². The van der Waals surface area contributed by atoms with Gasteiger partial charge in [0.25, 0.3) is 5.91 Å². The number of halogens is 1. The molecule has 1 aliphatic carbocycles. The normalized spacial score (nSPS) is 17.5. The highest BCUT2D eigenvalue weighted by atomic mass is 19.1. The molecule has 9 atom stereocenters. The molecule has 0 radical (unpaired) electrons. The first-order valence-electron chi connectivity index (χ1n) is 36.0. The predicted molar refractivity (Wildman–Crippen MR) is 380 cm³/mol. The van der Waals surface area contributed by atoms with Crippen molar-refractivity contribution in [2.75, 3.05) is 33.7 Å². The molecule has 99 heavy (non-hydrogen) atoms. The monoisotopic (exact) mass is 1390 g/mol. The molecule has 2 fully saturated rings. The number of likely N-dealkylation sites (N-methyl/N-ethyl adjacent to an activating group) is 1. The Morgan fingerprint density at radius 3 is 1.34 bits per heavy atom. The Morgan fingerprint density at radius 1 is 0.505 bits per heavy atom. The molecule has 0 bridgehead atoms. The van der Waals surface area contributed by atoms with Crippen LogP contribution < -0.4 is 58.5 Å². The molecule has 3 rings (SSSR count). The Kier molecular flexibility index (Phi) is 34.4. The Bertz CT molecular complexity index is 2890. The van der Waals surface area contributed by atoms with Crippen molar-refractivity contribution >= 4 is 70.9 Å². The molecule has 1 heterocycles. The lowest BCUT2D eigenvalue weighted by Gasteiger charge is -2.34. The van der Waals surface area contributed by atoms with Crippen LogP contribution in [0.15, 0.2) is 24.3 Å². The van der Waals surface area contributed by atoms with Crippen molar-refractivity contribution < 1.29 is 61.9 Å². The molecule has 1 aromatic rings. The number of likely N-dealkylation sites (tertiary alicyclic amines) is 1. The minimum absolute atomic E-state index is 0.0228. The molecule has 1 saturated carbocycles. The molecular weight excluding hydrogens is 1270 g/mol. The molecule has 0 unspecified atom stereocenters. The first-order chi connectivity index (χ1) is 45.9. The first-order valence-corrected chi connectivity index (χ1v) is 36.0. The minimum atomic E-state index is -1.71. The Hall–Kier alpha value is -7.25. The second-order valence-corrected chi connectivity index (χ2v) is 31.9. The SMILES string of the molecule is CC(C)C[C@H](NC(=O)[C@H](CC(C)C)NC(=O)C(C)(C)NC(=O)C(C)(C)NC(=O)[C@H](CC(C)C)NC(=O)[C@H](CC(C)C)NC(=O)C(C)(C)NC(=O)[C@H](CC(C)C)NC(=O)[C@H](CCC1CCCCC1)NC(=O)[C@@H]1C[C@H](C)CN1C(=O)c1ccc(F)cc1)C(=O)NCCC(=O)N[C@@H](C)CN(C)C. The van der Waals surface area contributed by atoms with E-state index in [1.165, 1.54) is 70.7 Å². The lowest BCUT2D eigenvalue weighted by Crippen LogP contribution is -2.66. The minimum Gasteiger partial charge on any atom is -0.354 e. The maximum atomic E-state index is 14.6. The molecule has 0 spiro atoms. The smallest absolute Gasteiger partial charge is 0.254 e. The van der Waals surface area contributed by atoms with Gasteiger partial charge in [0, 0.05) is 37.7 Å². The van der Waals surface area contributed by atoms with Crippen LogP contribution in [0.3, 0.4) is 0 Å². The van der Waals surface area contributed by atoms with Crippen molar-refractivity contribution in [3.63, 3.8) is 0 Å². The first kappa shape index (κ1) is 86.0. The van der Waals surface area contributed by atoms with Gasteiger partial charge in [-0.25, -0.2) is 4.39 Å². The van der Waals surface area contributed by atoms with Gasteiger partial charge in [-0.05, 0) is 180 Å². The van der Waals surface area contributed by atoms with Crippen LogP contribution in [-0.4, -0.2) is 179 Å². The van der Waals surface area contributed by atoms with Gasteiger partial charge < -0.3 is 68.3 Å². The quantitative estimate of drug-likeness (QED) is 0.0392. The van der Waals surface area contributed by atoms with E-state index in [1.54, 1.807) is 0 Å². The van der Waals surface area contributed by atoms with E-state index in [-0.39, 0.29) is 111 Å². The van der Waals surface area contributed by atoms with E-state index in [0.717, 1.165) is 32.1 Å². The van der Waals surface area contributed by atoms with E-state index >= 15 is 0 Å². The zero-order chi connectivity index (χ0) is 75.0. The summed E-state index contributed by atoms with van der Waals surface area (Å²) >= 11 is 0. The van der Waals surface area contributed by atoms with Gasteiger partial charge in [-0.15, -0.1) is 0 Å². The molecule has 1 aliphatic heterocycles. The molecule has 560 valence electrons. The molecule has 12 amide bonds. The van der Waals surface area contributed by atoms with Gasteiger partial charge in [0.15, 0.2) is 0 Å². The second-order valence-electron chi connectivity index (χ2n) is 31.9. The molecule has 11 N–H and O–H groups in total. The third-order valence-electron chi connectivity index (χ3n) is 17.8. The van der Waals surface area contributed by atoms with E-state index in [1.807, 2.05) is 102 Å². The second kappa shape index (κ2) is 39.7. The van der Waals surface area contributed by atoms with Gasteiger partial charge in [0.1, 0.15) is 64.7 Å². The Balaban J connectivity index is 1.77. The lowest BCUT2D eigenvalue weighted by molar-refractivity contribution is -0.139. The summed E-state index contributed by atoms with van der Waals surface area (Å²) in [7, 11) is 3.79. The number of carbonyl (C=O) groups excluding carboxylic acids is 12. The van der Waals surface area contributed by atoms with Gasteiger partial charge in [-0.2, -0.15) is 0 Å². The average molecular weight is 1390 g/mol. The van der Waals surface area contributed by atoms with Crippen LogP contribution in [0.25, 0.3) is 0 Å². The summed E-state index contributed by atoms with van der Waals surface area (Å²) in [5.74, 6) is -8.18. The largest absolute Gasteiger partial charge is 0.354 e. The van der Waals surface area contributed by atoms with E-state index in [9.17, 15) is 61.9 Å². The molecule has 25 nitrogen and oxygen atoms in total. The number of rotatable bonds is 39. The molecule has 26 heteroatoms. The number of hydrogen-bond donors (Lipinski definition) is 11. The van der Waals surface area contributed by atoms with Crippen molar-refractivity contribution in [2.45, 2.75) is 279 Å². The molecular formula is C73H124FN13O12. The number of carbonyl (C=O) groups is 12. The highest BCUT2D eigenvalue weighted by Crippen LogP contribution is 2.30. The number of nitrogens with zero attached hydrogens (tertiary/aromatic N) is 2. The molecule has 1 aromatic carbocycles. The lowest BCUT2D eigenvalue weighted by atomic mass is 9.85. The summed E-state index contributed by atoms with van der Waals surface area (Å²) in [4.78, 5) is 172. The van der Waals surface area contributed by atoms with Crippen LogP contribution in [0.2, 0.25) is 0 Å². The third-order valence-corrected chi connectivity index (χ3v) is 17.8. The number of amides is 12. The van der Waals surface area contributed by atoms with Crippen molar-refractivity contribution in [3.8, 4) is 0 Å². The number of benzene rings is 1. The van der Waals surface area contributed by atoms with Gasteiger partial charge in [0.05, 0.1) is 0 Å². The van der Waals surface area contributed by atoms with Gasteiger partial charge in [-0.3, -0.25) is 57.5 Å². The van der Waals surface area contributed by atoms with Crippen molar-refractivity contribution in [1.29, 1.82) is 0 Å². The van der Waals surface area contributed by atoms with Crippen molar-refractivity contribution in [3.05, 3.63) is 35.6 Å². The summed E-state index contributed by atoms with van der Waals surface area (Å²) in [6.07, 6.45) is 7.25. The van der Waals surface area contributed by atoms with Crippen molar-refractivity contribution in [2.24, 2.45) is 41.4 Å². The van der Waals surface area contributed by atoms with Crippen LogP contribution in [0, 0.1) is 47.2 Å². The van der Waals surface area contributed by atoms with E-state index in [0.29, 0.717) is 25.3 Å². The van der Waals surface area contributed by atoms with E-state index in [4.69, 9.17) is 0 Å². The van der Waals surface area contributed by atoms with Crippen LogP contribution >= 0.6 is 0 Å². The maximum absolute atomic E-state index is 14.6. The molecule has 1 saturated heterocycles. The predicted octanol–water partition coefficient (Wildman–Crippen LogP) is 5.43. The summed E-state index contributed by atoms with van der Waals surface area (Å²) in [5.41, 5.74) is -4.85. The zero-order valence-electron chi connectivity index (χ0n) is 63.2. The summed E-state index contributed by atoms with van der Waals surface area (Å²) in [6, 6.07) is -2.78. The molecule has 0 aromatic heterocycles. The van der Waals surface area contributed by atoms with Gasteiger partial charge in [0.2, 0.25) is 65.0 Å². The van der Waals surface area contributed by atoms with E-state index < -0.39 is 130 Å². The van der Waals surface area contributed by atoms with Crippen LogP contribution in [0.5, 0.6) is 0 Å². The zero-order valence-corrected chi connectivity index (χ0v) is 63.2. The van der Waals surface area contributed by atoms with Crippen LogP contribution in [-0.2, 0) is 52.7 Å². The summed E-state index contributed by atoms with van der Waals surface area (Å²) < 4.78 is 13.8. The van der Waals surface area contributed by atoms with Crippen LogP contribution in [0.4, 0.5) is 4.39 Å². The summed E-state index contributed by atoms with van der Waals surface area (Å²) in [5, 5.41) is 30.9. The van der Waals surface area contributed by atoms with Gasteiger partial charge in [-0.1, -0.05) is 108 Å².